The molecule has 134 valence electrons. The molecule has 4 nitrogen and oxygen atoms in total. The number of hydrogen-bond acceptors (Lipinski definition) is 4. The fourth-order valence-corrected chi connectivity index (χ4v) is 6.26. The van der Waals surface area contributed by atoms with Crippen molar-refractivity contribution in [1.29, 1.82) is 0 Å². The van der Waals surface area contributed by atoms with Crippen LogP contribution in [0.25, 0.3) is 0 Å². The number of benzene rings is 1. The van der Waals surface area contributed by atoms with Gasteiger partial charge in [0.15, 0.2) is 0 Å². The van der Waals surface area contributed by atoms with Gasteiger partial charge in [-0.1, -0.05) is 30.3 Å². The molecule has 1 aliphatic heterocycles. The maximum absolute atomic E-state index is 12.3. The average molecular weight is 377 g/mol. The van der Waals surface area contributed by atoms with E-state index in [1.807, 2.05) is 0 Å². The molecule has 0 unspecified atom stereocenters. The van der Waals surface area contributed by atoms with Crippen LogP contribution in [0, 0.1) is 5.92 Å². The molecule has 1 aromatic carbocycles. The molecule has 6 heteroatoms. The molecular formula is C19H24N2O2S2. The fourth-order valence-electron chi connectivity index (χ4n) is 4.10. The van der Waals surface area contributed by atoms with Crippen molar-refractivity contribution in [2.45, 2.75) is 35.9 Å². The predicted molar refractivity (Wildman–Crippen MR) is 101 cm³/mol. The van der Waals surface area contributed by atoms with Crippen LogP contribution >= 0.6 is 11.3 Å². The lowest BCUT2D eigenvalue weighted by molar-refractivity contribution is 0.128. The van der Waals surface area contributed by atoms with Gasteiger partial charge in [0.2, 0.25) is 10.0 Å². The zero-order valence-corrected chi connectivity index (χ0v) is 15.9. The number of rotatable bonds is 5. The molecule has 1 N–H and O–H groups in total. The molecule has 2 aromatic rings. The van der Waals surface area contributed by atoms with Crippen molar-refractivity contribution < 1.29 is 8.42 Å². The quantitative estimate of drug-likeness (QED) is 0.873. The highest BCUT2D eigenvalue weighted by molar-refractivity contribution is 7.91. The first-order valence-electron chi connectivity index (χ1n) is 8.96. The lowest BCUT2D eigenvalue weighted by atomic mass is 9.96. The summed E-state index contributed by atoms with van der Waals surface area (Å²) >= 11 is 1.27. The van der Waals surface area contributed by atoms with Crippen LogP contribution in [0.3, 0.4) is 0 Å². The van der Waals surface area contributed by atoms with Crippen LogP contribution in [0.2, 0.25) is 0 Å². The standard InChI is InChI=1S/C19H24N2O2S2/c22-25(23,19-8-4-10-24-19)20-13-15-5-3-9-21(14-15)18-11-16-6-1-2-7-17(16)12-18/h1-2,4,6-8,10,15,18,20H,3,5,9,11-14H2/t15-/m1/s1. The van der Waals surface area contributed by atoms with Crippen molar-refractivity contribution in [3.05, 3.63) is 52.9 Å². The molecule has 0 saturated carbocycles. The zero-order valence-electron chi connectivity index (χ0n) is 14.2. The monoisotopic (exact) mass is 376 g/mol. The van der Waals surface area contributed by atoms with Gasteiger partial charge in [-0.15, -0.1) is 11.3 Å². The van der Waals surface area contributed by atoms with Crippen LogP contribution in [0.1, 0.15) is 24.0 Å². The van der Waals surface area contributed by atoms with Gasteiger partial charge in [-0.25, -0.2) is 13.1 Å². The molecule has 1 aliphatic carbocycles. The third kappa shape index (κ3) is 3.82. The number of hydrogen-bond donors (Lipinski definition) is 1. The summed E-state index contributed by atoms with van der Waals surface area (Å²) in [6.07, 6.45) is 4.51. The Morgan fingerprint density at radius 2 is 1.88 bits per heavy atom. The summed E-state index contributed by atoms with van der Waals surface area (Å²) in [6, 6.07) is 12.8. The second-order valence-corrected chi connectivity index (χ2v) is 10.1. The zero-order chi connectivity index (χ0) is 17.3. The Kier molecular flexibility index (Phi) is 4.95. The molecule has 0 spiro atoms. The van der Waals surface area contributed by atoms with Crippen LogP contribution in [-0.2, 0) is 22.9 Å². The minimum atomic E-state index is -3.35. The maximum atomic E-state index is 12.3. The molecule has 0 radical (unpaired) electrons. The third-order valence-corrected chi connectivity index (χ3v) is 8.24. The topological polar surface area (TPSA) is 49.4 Å². The highest BCUT2D eigenvalue weighted by Gasteiger charge is 2.30. The molecule has 0 bridgehead atoms. The lowest BCUT2D eigenvalue weighted by Gasteiger charge is -2.36. The second kappa shape index (κ2) is 7.19. The number of likely N-dealkylation sites (tertiary alicyclic amines) is 1. The van der Waals surface area contributed by atoms with E-state index in [4.69, 9.17) is 0 Å². The van der Waals surface area contributed by atoms with E-state index in [9.17, 15) is 8.42 Å². The van der Waals surface area contributed by atoms with Crippen molar-refractivity contribution in [1.82, 2.24) is 9.62 Å². The summed E-state index contributed by atoms with van der Waals surface area (Å²) in [5, 5.41) is 1.80. The van der Waals surface area contributed by atoms with Gasteiger partial charge in [-0.3, -0.25) is 4.90 Å². The average Bonchev–Trinajstić information content (AvgIpc) is 3.30. The van der Waals surface area contributed by atoms with Crippen LogP contribution in [0.15, 0.2) is 46.0 Å². The summed E-state index contributed by atoms with van der Waals surface area (Å²) in [5.74, 6) is 0.396. The molecule has 2 heterocycles. The molecule has 25 heavy (non-hydrogen) atoms. The van der Waals surface area contributed by atoms with Crippen molar-refractivity contribution in [2.75, 3.05) is 19.6 Å². The summed E-state index contributed by atoms with van der Waals surface area (Å²) in [7, 11) is -3.35. The van der Waals surface area contributed by atoms with Crippen LogP contribution in [-0.4, -0.2) is 39.0 Å². The van der Waals surface area contributed by atoms with E-state index in [2.05, 4.69) is 33.9 Å². The van der Waals surface area contributed by atoms with Crippen LogP contribution in [0.4, 0.5) is 0 Å². The van der Waals surface area contributed by atoms with Crippen molar-refractivity contribution in [2.24, 2.45) is 5.92 Å². The molecule has 1 fully saturated rings. The van der Waals surface area contributed by atoms with E-state index in [1.165, 1.54) is 22.5 Å². The Morgan fingerprint density at radius 1 is 1.12 bits per heavy atom. The Morgan fingerprint density at radius 3 is 2.56 bits per heavy atom. The number of nitrogens with one attached hydrogen (secondary N) is 1. The first kappa shape index (κ1) is 17.2. The van der Waals surface area contributed by atoms with Crippen LogP contribution in [0.5, 0.6) is 0 Å². The van der Waals surface area contributed by atoms with Gasteiger partial charge in [0.25, 0.3) is 0 Å². The Balaban J connectivity index is 1.34. The fraction of sp³-hybridized carbons (Fsp3) is 0.474. The minimum Gasteiger partial charge on any atom is -0.299 e. The molecular weight excluding hydrogens is 352 g/mol. The highest BCUT2D eigenvalue weighted by atomic mass is 32.2. The summed E-state index contributed by atoms with van der Waals surface area (Å²) < 4.78 is 27.8. The van der Waals surface area contributed by atoms with E-state index < -0.39 is 10.0 Å². The van der Waals surface area contributed by atoms with Gasteiger partial charge in [-0.2, -0.15) is 0 Å². The van der Waals surface area contributed by atoms with E-state index in [1.54, 1.807) is 17.5 Å². The first-order valence-corrected chi connectivity index (χ1v) is 11.3. The molecule has 0 amide bonds. The first-order chi connectivity index (χ1) is 12.1. The van der Waals surface area contributed by atoms with Gasteiger partial charge in [0.05, 0.1) is 0 Å². The van der Waals surface area contributed by atoms with Crippen molar-refractivity contribution in [3.63, 3.8) is 0 Å². The van der Waals surface area contributed by atoms with Gasteiger partial charge >= 0.3 is 0 Å². The maximum Gasteiger partial charge on any atom is 0.250 e. The number of fused-ring (bicyclic) bond motifs is 1. The minimum absolute atomic E-state index is 0.396. The van der Waals surface area contributed by atoms with Crippen LogP contribution < -0.4 is 4.72 Å². The predicted octanol–water partition coefficient (Wildman–Crippen LogP) is 2.91. The van der Waals surface area contributed by atoms with E-state index >= 15 is 0 Å². The second-order valence-electron chi connectivity index (χ2n) is 7.12. The molecule has 2 aliphatic rings. The number of thiophene rings is 1. The Hall–Kier alpha value is -1.21. The number of sulfonamides is 1. The highest BCUT2D eigenvalue weighted by Crippen LogP contribution is 2.28. The Labute approximate surface area is 153 Å². The van der Waals surface area contributed by atoms with Gasteiger partial charge < -0.3 is 0 Å². The van der Waals surface area contributed by atoms with E-state index in [0.29, 0.717) is 22.7 Å². The summed E-state index contributed by atoms with van der Waals surface area (Å²) in [6.45, 7) is 2.66. The number of nitrogens with zero attached hydrogens (tertiary/aromatic N) is 1. The molecule has 4 rings (SSSR count). The molecule has 1 aromatic heterocycles. The SMILES string of the molecule is O=S(=O)(NC[C@H]1CCCN(C2Cc3ccccc3C2)C1)c1cccs1. The van der Waals surface area contributed by atoms with Crippen molar-refractivity contribution >= 4 is 21.4 Å². The summed E-state index contributed by atoms with van der Waals surface area (Å²) in [5.41, 5.74) is 2.96. The van der Waals surface area contributed by atoms with E-state index in [-0.39, 0.29) is 0 Å². The summed E-state index contributed by atoms with van der Waals surface area (Å²) in [4.78, 5) is 2.58. The Bertz CT molecular complexity index is 793. The molecule has 1 saturated heterocycles. The van der Waals surface area contributed by atoms with Gasteiger partial charge in [-0.05, 0) is 60.7 Å². The number of piperidine rings is 1. The third-order valence-electron chi connectivity index (χ3n) is 5.42. The van der Waals surface area contributed by atoms with Gasteiger partial charge in [0.1, 0.15) is 4.21 Å². The molecule has 1 atom stereocenters. The van der Waals surface area contributed by atoms with E-state index in [0.717, 1.165) is 38.8 Å². The van der Waals surface area contributed by atoms with Gasteiger partial charge in [0, 0.05) is 19.1 Å². The smallest absolute Gasteiger partial charge is 0.250 e. The largest absolute Gasteiger partial charge is 0.299 e. The van der Waals surface area contributed by atoms with Crippen molar-refractivity contribution in [3.8, 4) is 0 Å². The lowest BCUT2D eigenvalue weighted by Crippen LogP contribution is -2.46. The normalized spacial score (nSPS) is 22.2.